The normalized spacial score (nSPS) is 17.2. The fourth-order valence-electron chi connectivity index (χ4n) is 2.02. The van der Waals surface area contributed by atoms with Gasteiger partial charge in [0.2, 0.25) is 0 Å². The predicted octanol–water partition coefficient (Wildman–Crippen LogP) is 3.63. The molecule has 1 fully saturated rings. The van der Waals surface area contributed by atoms with Crippen LogP contribution in [0.1, 0.15) is 29.6 Å². The molecular weight excluding hydrogens is 339 g/mol. The van der Waals surface area contributed by atoms with Crippen LogP contribution in [-0.4, -0.2) is 23.1 Å². The summed E-state index contributed by atoms with van der Waals surface area (Å²) in [6.45, 7) is 0. The highest BCUT2D eigenvalue weighted by Gasteiger charge is 2.37. The molecule has 1 N–H and O–H groups in total. The third-order valence-corrected chi connectivity index (χ3v) is 4.37. The van der Waals surface area contributed by atoms with Crippen molar-refractivity contribution in [3.05, 3.63) is 29.8 Å². The van der Waals surface area contributed by atoms with Crippen molar-refractivity contribution in [2.75, 3.05) is 5.33 Å². The summed E-state index contributed by atoms with van der Waals surface area (Å²) >= 11 is 3.37. The average molecular weight is 352 g/mol. The molecule has 0 aliphatic heterocycles. The molecular formula is C13H13BrF3NO2. The highest BCUT2D eigenvalue weighted by Crippen LogP contribution is 2.33. The van der Waals surface area contributed by atoms with Gasteiger partial charge in [0, 0.05) is 10.9 Å². The standard InChI is InChI=1S/C13H13BrF3NO2/c14-8-12(6-1-7-12)18-11(19)9-2-4-10(5-3-9)20-13(15,16)17/h2-5H,1,6-8H2,(H,18,19). The molecule has 1 aliphatic carbocycles. The Morgan fingerprint density at radius 2 is 1.90 bits per heavy atom. The molecule has 0 unspecified atom stereocenters. The summed E-state index contributed by atoms with van der Waals surface area (Å²) in [5.41, 5.74) is 0.0878. The van der Waals surface area contributed by atoms with Crippen molar-refractivity contribution in [3.8, 4) is 5.75 Å². The first kappa shape index (κ1) is 15.2. The molecule has 0 radical (unpaired) electrons. The largest absolute Gasteiger partial charge is 0.573 e. The zero-order valence-electron chi connectivity index (χ0n) is 10.5. The minimum Gasteiger partial charge on any atom is -0.406 e. The number of halogens is 4. The molecule has 1 aliphatic rings. The zero-order valence-corrected chi connectivity index (χ0v) is 12.1. The fraction of sp³-hybridized carbons (Fsp3) is 0.462. The Morgan fingerprint density at radius 1 is 1.30 bits per heavy atom. The first-order valence-electron chi connectivity index (χ1n) is 6.08. The first-order chi connectivity index (χ1) is 9.34. The molecule has 7 heteroatoms. The Labute approximate surface area is 122 Å². The maximum Gasteiger partial charge on any atom is 0.573 e. The second kappa shape index (κ2) is 5.63. The highest BCUT2D eigenvalue weighted by atomic mass is 79.9. The number of rotatable bonds is 4. The van der Waals surface area contributed by atoms with Crippen LogP contribution in [0.3, 0.4) is 0 Å². The lowest BCUT2D eigenvalue weighted by Crippen LogP contribution is -2.54. The van der Waals surface area contributed by atoms with E-state index in [1.54, 1.807) is 0 Å². The molecule has 0 saturated heterocycles. The van der Waals surface area contributed by atoms with Crippen molar-refractivity contribution >= 4 is 21.8 Å². The van der Waals surface area contributed by atoms with Gasteiger partial charge in [0.1, 0.15) is 5.75 Å². The van der Waals surface area contributed by atoms with Crippen LogP contribution in [0.25, 0.3) is 0 Å². The predicted molar refractivity (Wildman–Crippen MR) is 71.0 cm³/mol. The van der Waals surface area contributed by atoms with Crippen molar-refractivity contribution in [1.82, 2.24) is 5.32 Å². The maximum atomic E-state index is 12.0. The minimum atomic E-state index is -4.73. The summed E-state index contributed by atoms with van der Waals surface area (Å²) in [6.07, 6.45) is -1.86. The van der Waals surface area contributed by atoms with Crippen LogP contribution in [-0.2, 0) is 0 Å². The van der Waals surface area contributed by atoms with Crippen LogP contribution in [0.5, 0.6) is 5.75 Å². The van der Waals surface area contributed by atoms with Crippen molar-refractivity contribution in [2.24, 2.45) is 0 Å². The molecule has 1 saturated carbocycles. The Balaban J connectivity index is 2.00. The first-order valence-corrected chi connectivity index (χ1v) is 7.20. The zero-order chi connectivity index (χ0) is 14.8. The van der Waals surface area contributed by atoms with E-state index in [2.05, 4.69) is 26.0 Å². The lowest BCUT2D eigenvalue weighted by atomic mass is 9.78. The number of carbonyl (C=O) groups is 1. The highest BCUT2D eigenvalue weighted by molar-refractivity contribution is 9.09. The third kappa shape index (κ3) is 3.65. The number of amides is 1. The van der Waals surface area contributed by atoms with Gasteiger partial charge in [-0.2, -0.15) is 0 Å². The van der Waals surface area contributed by atoms with Gasteiger partial charge in [-0.3, -0.25) is 4.79 Å². The van der Waals surface area contributed by atoms with Gasteiger partial charge in [0.05, 0.1) is 5.54 Å². The monoisotopic (exact) mass is 351 g/mol. The van der Waals surface area contributed by atoms with E-state index >= 15 is 0 Å². The Kier molecular flexibility index (Phi) is 4.27. The van der Waals surface area contributed by atoms with E-state index in [1.165, 1.54) is 12.1 Å². The molecule has 0 spiro atoms. The van der Waals surface area contributed by atoms with E-state index in [4.69, 9.17) is 0 Å². The quantitative estimate of drug-likeness (QED) is 0.841. The van der Waals surface area contributed by atoms with Gasteiger partial charge in [0.15, 0.2) is 0 Å². The summed E-state index contributed by atoms with van der Waals surface area (Å²) in [4.78, 5) is 12.0. The molecule has 2 rings (SSSR count). The number of ether oxygens (including phenoxy) is 1. The summed E-state index contributed by atoms with van der Waals surface area (Å²) in [5, 5.41) is 3.58. The summed E-state index contributed by atoms with van der Waals surface area (Å²) in [5.74, 6) is -0.629. The number of hydrogen-bond acceptors (Lipinski definition) is 2. The SMILES string of the molecule is O=C(NC1(CBr)CCC1)c1ccc(OC(F)(F)F)cc1. The van der Waals surface area contributed by atoms with E-state index < -0.39 is 6.36 Å². The summed E-state index contributed by atoms with van der Waals surface area (Å²) in [7, 11) is 0. The molecule has 1 aromatic rings. The molecule has 0 atom stereocenters. The molecule has 0 bridgehead atoms. The third-order valence-electron chi connectivity index (χ3n) is 3.30. The number of alkyl halides is 4. The molecule has 3 nitrogen and oxygen atoms in total. The molecule has 110 valence electrons. The summed E-state index contributed by atoms with van der Waals surface area (Å²) in [6, 6.07) is 4.89. The topological polar surface area (TPSA) is 38.3 Å². The van der Waals surface area contributed by atoms with Gasteiger partial charge >= 0.3 is 6.36 Å². The minimum absolute atomic E-state index is 0.224. The van der Waals surface area contributed by atoms with E-state index in [-0.39, 0.29) is 17.2 Å². The lowest BCUT2D eigenvalue weighted by molar-refractivity contribution is -0.274. The van der Waals surface area contributed by atoms with Gasteiger partial charge < -0.3 is 10.1 Å². The smallest absolute Gasteiger partial charge is 0.406 e. The van der Waals surface area contributed by atoms with Crippen LogP contribution >= 0.6 is 15.9 Å². The molecule has 1 amide bonds. The molecule has 1 aromatic carbocycles. The van der Waals surface area contributed by atoms with Gasteiger partial charge in [0.25, 0.3) is 5.91 Å². The Hall–Kier alpha value is -1.24. The molecule has 0 aromatic heterocycles. The van der Waals surface area contributed by atoms with Crippen LogP contribution in [0.2, 0.25) is 0 Å². The second-order valence-corrected chi connectivity index (χ2v) is 5.35. The van der Waals surface area contributed by atoms with Gasteiger partial charge in [-0.05, 0) is 43.5 Å². The van der Waals surface area contributed by atoms with Crippen molar-refractivity contribution in [3.63, 3.8) is 0 Å². The van der Waals surface area contributed by atoms with Crippen LogP contribution in [0.4, 0.5) is 13.2 Å². The van der Waals surface area contributed by atoms with Gasteiger partial charge in [-0.1, -0.05) is 15.9 Å². The Morgan fingerprint density at radius 3 is 2.30 bits per heavy atom. The number of nitrogens with one attached hydrogen (secondary N) is 1. The van der Waals surface area contributed by atoms with Crippen LogP contribution in [0, 0.1) is 0 Å². The van der Waals surface area contributed by atoms with Gasteiger partial charge in [-0.15, -0.1) is 13.2 Å². The number of hydrogen-bond donors (Lipinski definition) is 1. The lowest BCUT2D eigenvalue weighted by Gasteiger charge is -2.41. The van der Waals surface area contributed by atoms with Crippen LogP contribution < -0.4 is 10.1 Å². The summed E-state index contributed by atoms with van der Waals surface area (Å²) < 4.78 is 39.8. The van der Waals surface area contributed by atoms with Crippen molar-refractivity contribution in [1.29, 1.82) is 0 Å². The number of benzene rings is 1. The van der Waals surface area contributed by atoms with E-state index in [1.807, 2.05) is 0 Å². The average Bonchev–Trinajstić information content (AvgIpc) is 2.32. The van der Waals surface area contributed by atoms with Crippen molar-refractivity contribution < 1.29 is 22.7 Å². The fourth-order valence-corrected chi connectivity index (χ4v) is 2.72. The van der Waals surface area contributed by atoms with E-state index in [0.717, 1.165) is 31.4 Å². The number of carbonyl (C=O) groups excluding carboxylic acids is 1. The van der Waals surface area contributed by atoms with Gasteiger partial charge in [-0.25, -0.2) is 0 Å². The molecule has 0 heterocycles. The van der Waals surface area contributed by atoms with Crippen molar-refractivity contribution in [2.45, 2.75) is 31.2 Å². The maximum absolute atomic E-state index is 12.0. The van der Waals surface area contributed by atoms with E-state index in [9.17, 15) is 18.0 Å². The second-order valence-electron chi connectivity index (χ2n) is 4.79. The van der Waals surface area contributed by atoms with Crippen LogP contribution in [0.15, 0.2) is 24.3 Å². The Bertz CT molecular complexity index is 478. The molecule has 20 heavy (non-hydrogen) atoms. The van der Waals surface area contributed by atoms with E-state index in [0.29, 0.717) is 10.9 Å².